The van der Waals surface area contributed by atoms with Crippen LogP contribution in [-0.4, -0.2) is 31.6 Å². The van der Waals surface area contributed by atoms with E-state index in [1.165, 1.54) is 19.3 Å². The van der Waals surface area contributed by atoms with Crippen LogP contribution in [0.15, 0.2) is 0 Å². The molecule has 1 saturated carbocycles. The van der Waals surface area contributed by atoms with Crippen LogP contribution in [-0.2, 0) is 10.0 Å². The molecule has 15 heavy (non-hydrogen) atoms. The van der Waals surface area contributed by atoms with E-state index < -0.39 is 10.0 Å². The normalized spacial score (nSPS) is 25.9. The van der Waals surface area contributed by atoms with E-state index in [-0.39, 0.29) is 0 Å². The molecule has 0 radical (unpaired) electrons. The zero-order valence-corrected chi connectivity index (χ0v) is 10.1. The van der Waals surface area contributed by atoms with Crippen molar-refractivity contribution in [1.29, 1.82) is 0 Å². The molecule has 0 bridgehead atoms. The lowest BCUT2D eigenvalue weighted by Gasteiger charge is -2.24. The van der Waals surface area contributed by atoms with Crippen LogP contribution >= 0.6 is 0 Å². The van der Waals surface area contributed by atoms with Gasteiger partial charge in [0.15, 0.2) is 0 Å². The summed E-state index contributed by atoms with van der Waals surface area (Å²) in [4.78, 5) is 0. The molecule has 2 aliphatic rings. The van der Waals surface area contributed by atoms with Crippen molar-refractivity contribution in [3.8, 4) is 0 Å². The van der Waals surface area contributed by atoms with E-state index in [0.29, 0.717) is 11.7 Å². The molecule has 1 saturated heterocycles. The largest absolute Gasteiger partial charge is 0.214 e. The highest BCUT2D eigenvalue weighted by Gasteiger charge is 2.28. The summed E-state index contributed by atoms with van der Waals surface area (Å²) in [6, 6.07) is 0. The second-order valence-electron chi connectivity index (χ2n) is 4.89. The van der Waals surface area contributed by atoms with Gasteiger partial charge in [-0.3, -0.25) is 0 Å². The van der Waals surface area contributed by atoms with E-state index in [9.17, 15) is 8.42 Å². The first-order chi connectivity index (χ1) is 7.18. The first-order valence-corrected chi connectivity index (χ1v) is 7.77. The standard InChI is InChI=1S/C11H21NO2S/c13-15(14,12-8-4-5-9-12)10-11-6-2-1-3-7-11/h11H,1-10H2. The van der Waals surface area contributed by atoms with Crippen molar-refractivity contribution >= 4 is 10.0 Å². The molecule has 88 valence electrons. The molecule has 0 aromatic heterocycles. The molecular formula is C11H21NO2S. The van der Waals surface area contributed by atoms with E-state index in [4.69, 9.17) is 0 Å². The van der Waals surface area contributed by atoms with Crippen LogP contribution in [0.3, 0.4) is 0 Å². The van der Waals surface area contributed by atoms with E-state index in [2.05, 4.69) is 0 Å². The van der Waals surface area contributed by atoms with Gasteiger partial charge in [0.2, 0.25) is 10.0 Å². The number of rotatable bonds is 3. The summed E-state index contributed by atoms with van der Waals surface area (Å²) in [6.45, 7) is 1.52. The number of nitrogens with zero attached hydrogens (tertiary/aromatic N) is 1. The fraction of sp³-hybridized carbons (Fsp3) is 1.00. The molecule has 0 aromatic carbocycles. The second-order valence-corrected chi connectivity index (χ2v) is 6.90. The highest BCUT2D eigenvalue weighted by Crippen LogP contribution is 2.26. The highest BCUT2D eigenvalue weighted by atomic mass is 32.2. The molecule has 2 rings (SSSR count). The minimum atomic E-state index is -2.93. The summed E-state index contributed by atoms with van der Waals surface area (Å²) in [7, 11) is -2.93. The summed E-state index contributed by atoms with van der Waals surface area (Å²) < 4.78 is 25.7. The van der Waals surface area contributed by atoms with Gasteiger partial charge in [-0.05, 0) is 31.6 Å². The molecule has 0 aromatic rings. The summed E-state index contributed by atoms with van der Waals surface area (Å²) in [6.07, 6.45) is 8.06. The topological polar surface area (TPSA) is 37.4 Å². The maximum atomic E-state index is 12.0. The van der Waals surface area contributed by atoms with Gasteiger partial charge in [-0.1, -0.05) is 19.3 Å². The van der Waals surface area contributed by atoms with Crippen molar-refractivity contribution < 1.29 is 8.42 Å². The van der Waals surface area contributed by atoms with Crippen LogP contribution in [0, 0.1) is 5.92 Å². The average molecular weight is 231 g/mol. The molecule has 4 heteroatoms. The van der Waals surface area contributed by atoms with Crippen molar-refractivity contribution in [2.45, 2.75) is 44.9 Å². The lowest BCUT2D eigenvalue weighted by Crippen LogP contribution is -2.33. The Morgan fingerprint density at radius 2 is 1.53 bits per heavy atom. The second kappa shape index (κ2) is 4.83. The molecule has 1 aliphatic carbocycles. The molecule has 1 aliphatic heterocycles. The lowest BCUT2D eigenvalue weighted by molar-refractivity contribution is 0.376. The molecule has 1 heterocycles. The third-order valence-electron chi connectivity index (χ3n) is 3.63. The van der Waals surface area contributed by atoms with Crippen LogP contribution in [0.25, 0.3) is 0 Å². The Morgan fingerprint density at radius 1 is 0.933 bits per heavy atom. The lowest BCUT2D eigenvalue weighted by atomic mass is 9.91. The highest BCUT2D eigenvalue weighted by molar-refractivity contribution is 7.89. The van der Waals surface area contributed by atoms with Gasteiger partial charge in [-0.2, -0.15) is 0 Å². The summed E-state index contributed by atoms with van der Waals surface area (Å²) in [5.74, 6) is 0.844. The SMILES string of the molecule is O=S(=O)(CC1CCCCC1)N1CCCC1. The Bertz CT molecular complexity index is 288. The molecular weight excluding hydrogens is 210 g/mol. The zero-order valence-electron chi connectivity index (χ0n) is 9.32. The quantitative estimate of drug-likeness (QED) is 0.745. The van der Waals surface area contributed by atoms with Gasteiger partial charge in [-0.25, -0.2) is 12.7 Å². The van der Waals surface area contributed by atoms with Crippen molar-refractivity contribution in [2.75, 3.05) is 18.8 Å². The summed E-state index contributed by atoms with van der Waals surface area (Å²) >= 11 is 0. The van der Waals surface area contributed by atoms with E-state index in [1.54, 1.807) is 4.31 Å². The van der Waals surface area contributed by atoms with Crippen LogP contribution in [0.1, 0.15) is 44.9 Å². The predicted molar refractivity (Wildman–Crippen MR) is 61.2 cm³/mol. The van der Waals surface area contributed by atoms with Gasteiger partial charge < -0.3 is 0 Å². The average Bonchev–Trinajstić information content (AvgIpc) is 2.71. The van der Waals surface area contributed by atoms with Crippen LogP contribution in [0.4, 0.5) is 0 Å². The molecule has 3 nitrogen and oxygen atoms in total. The minimum absolute atomic E-state index is 0.410. The molecule has 0 N–H and O–H groups in total. The molecule has 0 amide bonds. The van der Waals surface area contributed by atoms with Gasteiger partial charge in [0, 0.05) is 13.1 Å². The third-order valence-corrected chi connectivity index (χ3v) is 5.67. The fourth-order valence-corrected chi connectivity index (χ4v) is 4.68. The number of hydrogen-bond acceptors (Lipinski definition) is 2. The maximum Gasteiger partial charge on any atom is 0.214 e. The van der Waals surface area contributed by atoms with Crippen LogP contribution in [0.5, 0.6) is 0 Å². The molecule has 2 fully saturated rings. The van der Waals surface area contributed by atoms with Crippen LogP contribution < -0.4 is 0 Å². The summed E-state index contributed by atoms with van der Waals surface area (Å²) in [5.41, 5.74) is 0. The van der Waals surface area contributed by atoms with Crippen molar-refractivity contribution in [3.05, 3.63) is 0 Å². The van der Waals surface area contributed by atoms with Gasteiger partial charge in [0.1, 0.15) is 0 Å². The minimum Gasteiger partial charge on any atom is -0.212 e. The molecule has 0 spiro atoms. The smallest absolute Gasteiger partial charge is 0.212 e. The van der Waals surface area contributed by atoms with E-state index >= 15 is 0 Å². The van der Waals surface area contributed by atoms with Gasteiger partial charge >= 0.3 is 0 Å². The maximum absolute atomic E-state index is 12.0. The molecule has 0 atom stereocenters. The fourth-order valence-electron chi connectivity index (χ4n) is 2.72. The van der Waals surface area contributed by atoms with E-state index in [0.717, 1.165) is 38.8 Å². The van der Waals surface area contributed by atoms with Gasteiger partial charge in [0.25, 0.3) is 0 Å². The Hall–Kier alpha value is -0.0900. The number of sulfonamides is 1. The summed E-state index contributed by atoms with van der Waals surface area (Å²) in [5, 5.41) is 0. The van der Waals surface area contributed by atoms with Crippen molar-refractivity contribution in [3.63, 3.8) is 0 Å². The van der Waals surface area contributed by atoms with Crippen LogP contribution in [0.2, 0.25) is 0 Å². The Balaban J connectivity index is 1.90. The zero-order chi connectivity index (χ0) is 10.7. The van der Waals surface area contributed by atoms with Crippen molar-refractivity contribution in [1.82, 2.24) is 4.31 Å². The first kappa shape index (κ1) is 11.4. The van der Waals surface area contributed by atoms with Gasteiger partial charge in [0.05, 0.1) is 5.75 Å². The Kier molecular flexibility index (Phi) is 3.67. The van der Waals surface area contributed by atoms with Gasteiger partial charge in [-0.15, -0.1) is 0 Å². The Morgan fingerprint density at radius 3 is 2.13 bits per heavy atom. The first-order valence-electron chi connectivity index (χ1n) is 6.16. The van der Waals surface area contributed by atoms with Crippen molar-refractivity contribution in [2.24, 2.45) is 5.92 Å². The Labute approximate surface area is 92.9 Å². The molecule has 0 unspecified atom stereocenters. The monoisotopic (exact) mass is 231 g/mol. The third kappa shape index (κ3) is 2.94. The number of hydrogen-bond donors (Lipinski definition) is 0. The predicted octanol–water partition coefficient (Wildman–Crippen LogP) is 1.99. The van der Waals surface area contributed by atoms with E-state index in [1.807, 2.05) is 0 Å².